The van der Waals surface area contributed by atoms with Crippen molar-refractivity contribution in [2.75, 3.05) is 0 Å². The SMILES string of the molecule is CCC[Si](CC)(CC)[Pr][CH2]C. The molecule has 0 aromatic carbocycles. The maximum atomic E-state index is 2.46. The standard InChI is InChI=1S/C7H17Si.C2H5.Pr/c1-4-7-8(5-2)6-3;1-2;/h4-7H2,1-3H3;1H2,2H3;. The molecule has 0 unspecified atom stereocenters. The van der Waals surface area contributed by atoms with Gasteiger partial charge in [0.2, 0.25) is 0 Å². The fourth-order valence-corrected chi connectivity index (χ4v) is 24.4. The second kappa shape index (κ2) is 7.03. The first kappa shape index (κ1) is 12.6. The molecule has 0 heterocycles. The summed E-state index contributed by atoms with van der Waals surface area (Å²) in [6.45, 7) is 9.71. The summed E-state index contributed by atoms with van der Waals surface area (Å²) in [7, 11) is 0. The Bertz CT molecular complexity index is 81.6. The monoisotopic (exact) mass is 299 g/mol. The van der Waals surface area contributed by atoms with Gasteiger partial charge < -0.3 is 0 Å². The van der Waals surface area contributed by atoms with Crippen LogP contribution in [-0.2, 0) is 0 Å². The number of hydrogen-bond acceptors (Lipinski definition) is 0. The van der Waals surface area contributed by atoms with Gasteiger partial charge >= 0.3 is 92.8 Å². The zero-order valence-electron chi connectivity index (χ0n) is 8.61. The molecule has 0 saturated heterocycles. The first-order chi connectivity index (χ1) is 5.24. The molecule has 0 spiro atoms. The van der Waals surface area contributed by atoms with E-state index in [4.69, 9.17) is 0 Å². The van der Waals surface area contributed by atoms with E-state index in [0.717, 1.165) is 0 Å². The van der Waals surface area contributed by atoms with Crippen LogP contribution in [0.1, 0.15) is 34.1 Å². The van der Waals surface area contributed by atoms with E-state index in [-0.39, 0.29) is 36.0 Å². The molecule has 0 bridgehead atoms. The second-order valence-corrected chi connectivity index (χ2v) is 26.8. The van der Waals surface area contributed by atoms with Gasteiger partial charge in [0.15, 0.2) is 0 Å². The van der Waals surface area contributed by atoms with Crippen molar-refractivity contribution in [3.05, 3.63) is 0 Å². The van der Waals surface area contributed by atoms with Gasteiger partial charge in [-0.15, -0.1) is 0 Å². The Morgan fingerprint density at radius 1 is 1.00 bits per heavy atom. The van der Waals surface area contributed by atoms with Crippen LogP contribution in [0.4, 0.5) is 0 Å². The van der Waals surface area contributed by atoms with Gasteiger partial charge in [-0.05, 0) is 0 Å². The molecule has 0 aliphatic carbocycles. The molecule has 11 heavy (non-hydrogen) atoms. The summed E-state index contributed by atoms with van der Waals surface area (Å²) >= 11 is -0.247. The molecule has 65 valence electrons. The molecule has 0 nitrogen and oxygen atoms in total. The first-order valence-electron chi connectivity index (χ1n) is 5.09. The van der Waals surface area contributed by atoms with E-state index < -0.39 is 2.58 Å². The summed E-state index contributed by atoms with van der Waals surface area (Å²) in [6.07, 6.45) is 1.46. The molecular formula is C9H22PrSi. The average Bonchev–Trinajstić information content (AvgIpc) is 2.04. The molecule has 0 radical (unpaired) electrons. The van der Waals surface area contributed by atoms with E-state index in [1.54, 1.807) is 20.1 Å². The minimum absolute atomic E-state index is 0.247. The summed E-state index contributed by atoms with van der Waals surface area (Å²) in [4.78, 5) is 0. The average molecular weight is 299 g/mol. The topological polar surface area (TPSA) is 0 Å². The molecule has 2 heteroatoms. The van der Waals surface area contributed by atoms with Crippen LogP contribution in [-0.4, -0.2) is 2.58 Å². The zero-order valence-corrected chi connectivity index (χ0v) is 13.3. The summed E-state index contributed by atoms with van der Waals surface area (Å²) in [5.41, 5.74) is 0. The summed E-state index contributed by atoms with van der Waals surface area (Å²) < 4.78 is 1.08. The van der Waals surface area contributed by atoms with Crippen molar-refractivity contribution in [3.8, 4) is 0 Å². The van der Waals surface area contributed by atoms with E-state index in [1.807, 2.05) is 0 Å². The number of hydrogen-bond donors (Lipinski definition) is 0. The Morgan fingerprint density at radius 3 is 1.82 bits per heavy atom. The Balaban J connectivity index is 3.96. The van der Waals surface area contributed by atoms with Gasteiger partial charge in [-0.2, -0.15) is 0 Å². The van der Waals surface area contributed by atoms with Crippen LogP contribution < -0.4 is 0 Å². The van der Waals surface area contributed by atoms with Gasteiger partial charge in [0.25, 0.3) is 0 Å². The van der Waals surface area contributed by atoms with E-state index >= 15 is 0 Å². The van der Waals surface area contributed by atoms with Crippen molar-refractivity contribution >= 4 is 2.58 Å². The van der Waals surface area contributed by atoms with Crippen LogP contribution in [0.2, 0.25) is 20.1 Å². The fourth-order valence-electron chi connectivity index (χ4n) is 1.93. The maximum absolute atomic E-state index is 2.46. The minimum atomic E-state index is -0.535. The molecule has 0 rings (SSSR count). The third-order valence-corrected chi connectivity index (χ3v) is 31.3. The predicted octanol–water partition coefficient (Wildman–Crippen LogP) is 3.90. The van der Waals surface area contributed by atoms with Gasteiger partial charge in [0, 0.05) is 0 Å². The molecule has 0 fully saturated rings. The molecule has 0 aromatic rings. The Hall–Kier alpha value is 1.58. The molecular weight excluding hydrogens is 277 g/mol. The van der Waals surface area contributed by atoms with E-state index in [1.165, 1.54) is 6.42 Å². The van der Waals surface area contributed by atoms with Crippen molar-refractivity contribution in [1.82, 2.24) is 0 Å². The van der Waals surface area contributed by atoms with Crippen molar-refractivity contribution in [3.63, 3.8) is 0 Å². The van der Waals surface area contributed by atoms with Gasteiger partial charge in [-0.25, -0.2) is 0 Å². The zero-order chi connectivity index (χ0) is 8.74. The summed E-state index contributed by atoms with van der Waals surface area (Å²) in [5.74, 6) is 0. The van der Waals surface area contributed by atoms with Gasteiger partial charge in [0.1, 0.15) is 0 Å². The van der Waals surface area contributed by atoms with Crippen molar-refractivity contribution in [1.29, 1.82) is 0 Å². The quantitative estimate of drug-likeness (QED) is 0.652. The summed E-state index contributed by atoms with van der Waals surface area (Å²) in [5, 5.41) is 0. The van der Waals surface area contributed by atoms with E-state index in [0.29, 0.717) is 0 Å². The Labute approximate surface area is 91.7 Å². The van der Waals surface area contributed by atoms with Crippen LogP contribution in [0.3, 0.4) is 0 Å². The van der Waals surface area contributed by atoms with Crippen LogP contribution in [0, 0.1) is 36.0 Å². The van der Waals surface area contributed by atoms with Crippen LogP contribution in [0.15, 0.2) is 0 Å². The van der Waals surface area contributed by atoms with E-state index in [9.17, 15) is 0 Å². The summed E-state index contributed by atoms with van der Waals surface area (Å²) in [6, 6.07) is 4.85. The van der Waals surface area contributed by atoms with Gasteiger partial charge in [0.05, 0.1) is 0 Å². The van der Waals surface area contributed by atoms with Crippen molar-refractivity contribution < 1.29 is 36.0 Å². The Morgan fingerprint density at radius 2 is 1.55 bits per heavy atom. The second-order valence-electron chi connectivity index (χ2n) is 3.43. The Kier molecular flexibility index (Phi) is 8.04. The predicted molar refractivity (Wildman–Crippen MR) is 52.3 cm³/mol. The van der Waals surface area contributed by atoms with Crippen LogP contribution in [0.5, 0.6) is 0 Å². The fraction of sp³-hybridized carbons (Fsp3) is 1.00. The molecule has 0 amide bonds. The normalized spacial score (nSPS) is 11.3. The van der Waals surface area contributed by atoms with Crippen LogP contribution in [0.25, 0.3) is 0 Å². The van der Waals surface area contributed by atoms with Gasteiger partial charge in [-0.3, -0.25) is 0 Å². The van der Waals surface area contributed by atoms with Crippen molar-refractivity contribution in [2.45, 2.75) is 54.3 Å². The van der Waals surface area contributed by atoms with Gasteiger partial charge in [-0.1, -0.05) is 0 Å². The van der Waals surface area contributed by atoms with E-state index in [2.05, 4.69) is 27.7 Å². The third kappa shape index (κ3) is 4.38. The molecule has 0 aliphatic heterocycles. The number of rotatable bonds is 6. The molecule has 0 atom stereocenters. The first-order valence-corrected chi connectivity index (χ1v) is 16.0. The van der Waals surface area contributed by atoms with Crippen LogP contribution >= 0.6 is 0 Å². The molecule has 0 aromatic heterocycles. The molecule has 0 aliphatic rings. The molecule has 0 N–H and O–H groups in total. The third-order valence-electron chi connectivity index (χ3n) is 2.79. The van der Waals surface area contributed by atoms with Crippen molar-refractivity contribution in [2.24, 2.45) is 0 Å². The molecule has 0 saturated carbocycles.